The van der Waals surface area contributed by atoms with Crippen molar-refractivity contribution in [1.82, 2.24) is 15.3 Å². The second-order valence-corrected chi connectivity index (χ2v) is 7.61. The zero-order valence-electron chi connectivity index (χ0n) is 16.6. The first-order chi connectivity index (χ1) is 13.4. The highest BCUT2D eigenvalue weighted by molar-refractivity contribution is 5.95. The van der Waals surface area contributed by atoms with Gasteiger partial charge in [0.25, 0.3) is 11.8 Å². The van der Waals surface area contributed by atoms with Gasteiger partial charge in [-0.3, -0.25) is 19.7 Å². The van der Waals surface area contributed by atoms with Gasteiger partial charge in [-0.1, -0.05) is 29.8 Å². The van der Waals surface area contributed by atoms with Crippen molar-refractivity contribution in [3.05, 3.63) is 70.8 Å². The Morgan fingerprint density at radius 3 is 2.04 bits per heavy atom. The summed E-state index contributed by atoms with van der Waals surface area (Å²) in [6, 6.07) is 15.1. The van der Waals surface area contributed by atoms with Crippen molar-refractivity contribution in [2.24, 2.45) is 0 Å². The summed E-state index contributed by atoms with van der Waals surface area (Å²) >= 11 is 0. The molecule has 0 bridgehead atoms. The minimum Gasteiger partial charge on any atom is -0.331 e. The Labute approximate surface area is 165 Å². The molecule has 1 fully saturated rings. The van der Waals surface area contributed by atoms with E-state index in [0.717, 1.165) is 36.3 Å². The Bertz CT molecular complexity index is 821. The first-order valence-electron chi connectivity index (χ1n) is 9.54. The summed E-state index contributed by atoms with van der Waals surface area (Å²) < 4.78 is 0. The fraction of sp³-hybridized carbons (Fsp3) is 0.364. The van der Waals surface area contributed by atoms with E-state index in [4.69, 9.17) is 5.21 Å². The Morgan fingerprint density at radius 1 is 0.964 bits per heavy atom. The van der Waals surface area contributed by atoms with Crippen LogP contribution in [0.5, 0.6) is 0 Å². The fourth-order valence-corrected chi connectivity index (χ4v) is 3.89. The van der Waals surface area contributed by atoms with E-state index in [2.05, 4.69) is 18.7 Å². The Hall–Kier alpha value is -2.70. The monoisotopic (exact) mass is 381 g/mol. The third-order valence-corrected chi connectivity index (χ3v) is 5.25. The lowest BCUT2D eigenvalue weighted by atomic mass is 10.0. The second-order valence-electron chi connectivity index (χ2n) is 7.61. The summed E-state index contributed by atoms with van der Waals surface area (Å²) in [5, 5.41) is 8.70. The molecule has 2 aromatic carbocycles. The quantitative estimate of drug-likeness (QED) is 0.631. The minimum atomic E-state index is -0.517. The summed E-state index contributed by atoms with van der Waals surface area (Å²) in [5.74, 6) is -0.434. The van der Waals surface area contributed by atoms with Crippen LogP contribution >= 0.6 is 0 Å². The Kier molecular flexibility index (Phi) is 6.11. The molecule has 2 amide bonds. The number of rotatable bonds is 4. The van der Waals surface area contributed by atoms with E-state index in [9.17, 15) is 9.59 Å². The molecule has 1 aliphatic rings. The van der Waals surface area contributed by atoms with Gasteiger partial charge in [0.05, 0.1) is 0 Å². The molecule has 0 radical (unpaired) electrons. The number of nitrogens with zero attached hydrogens (tertiary/aromatic N) is 2. The van der Waals surface area contributed by atoms with Crippen LogP contribution < -0.4 is 5.48 Å². The van der Waals surface area contributed by atoms with Gasteiger partial charge in [-0.15, -0.1) is 0 Å². The molecule has 1 heterocycles. The maximum atomic E-state index is 13.0. The van der Waals surface area contributed by atoms with E-state index in [1.807, 2.05) is 48.2 Å². The summed E-state index contributed by atoms with van der Waals surface area (Å²) in [6.07, 6.45) is 0. The molecule has 0 aromatic heterocycles. The number of carbonyl (C=O) groups is 2. The summed E-state index contributed by atoms with van der Waals surface area (Å²) in [5.41, 5.74) is 5.02. The van der Waals surface area contributed by atoms with Gasteiger partial charge in [-0.25, -0.2) is 5.48 Å². The van der Waals surface area contributed by atoms with Crippen molar-refractivity contribution < 1.29 is 14.8 Å². The molecule has 1 aliphatic heterocycles. The van der Waals surface area contributed by atoms with Crippen LogP contribution in [0.3, 0.4) is 0 Å². The van der Waals surface area contributed by atoms with Crippen LogP contribution in [0, 0.1) is 6.92 Å². The van der Waals surface area contributed by atoms with E-state index < -0.39 is 5.91 Å². The predicted molar refractivity (Wildman–Crippen MR) is 107 cm³/mol. The third-order valence-electron chi connectivity index (χ3n) is 5.25. The van der Waals surface area contributed by atoms with Crippen molar-refractivity contribution in [1.29, 1.82) is 0 Å². The summed E-state index contributed by atoms with van der Waals surface area (Å²) in [4.78, 5) is 28.7. The number of benzene rings is 2. The summed E-state index contributed by atoms with van der Waals surface area (Å²) in [7, 11) is 0. The van der Waals surface area contributed by atoms with E-state index in [0.29, 0.717) is 5.56 Å². The normalized spacial score (nSPS) is 20.1. The zero-order valence-corrected chi connectivity index (χ0v) is 16.6. The van der Waals surface area contributed by atoms with Crippen LogP contribution in [0.25, 0.3) is 0 Å². The lowest BCUT2D eigenvalue weighted by Gasteiger charge is -2.44. The Morgan fingerprint density at radius 2 is 1.50 bits per heavy atom. The van der Waals surface area contributed by atoms with Crippen molar-refractivity contribution >= 4 is 11.8 Å². The van der Waals surface area contributed by atoms with Crippen LogP contribution in [-0.2, 0) is 6.54 Å². The molecule has 2 unspecified atom stereocenters. The number of piperazine rings is 1. The second kappa shape index (κ2) is 8.54. The minimum absolute atomic E-state index is 0.0824. The van der Waals surface area contributed by atoms with Crippen LogP contribution in [-0.4, -0.2) is 52.0 Å². The van der Waals surface area contributed by atoms with Crippen LogP contribution in [0.15, 0.2) is 48.5 Å². The average molecular weight is 381 g/mol. The van der Waals surface area contributed by atoms with Crippen LogP contribution in [0.2, 0.25) is 0 Å². The molecule has 28 heavy (non-hydrogen) atoms. The highest BCUT2D eigenvalue weighted by atomic mass is 16.5. The number of hydroxylamine groups is 1. The smallest absolute Gasteiger partial charge is 0.274 e. The molecule has 3 rings (SSSR count). The first-order valence-corrected chi connectivity index (χ1v) is 9.54. The standard InChI is InChI=1S/C22H27N3O3/c1-15-4-8-20(9-5-15)22(27)25-16(2)12-24(13-17(25)3)14-18-6-10-19(11-7-18)21(26)23-28/h4-11,16-17,28H,12-14H2,1-3H3,(H,23,26). The van der Waals surface area contributed by atoms with E-state index >= 15 is 0 Å². The molecule has 6 nitrogen and oxygen atoms in total. The van der Waals surface area contributed by atoms with Crippen LogP contribution in [0.1, 0.15) is 45.7 Å². The topological polar surface area (TPSA) is 72.9 Å². The number of carbonyl (C=O) groups excluding carboxylic acids is 2. The van der Waals surface area contributed by atoms with Gasteiger partial charge >= 0.3 is 0 Å². The first kappa shape index (κ1) is 20.0. The van der Waals surface area contributed by atoms with Gasteiger partial charge in [-0.05, 0) is 50.6 Å². The maximum absolute atomic E-state index is 13.0. The Balaban J connectivity index is 1.65. The molecule has 0 spiro atoms. The van der Waals surface area contributed by atoms with Gasteiger partial charge in [0.2, 0.25) is 0 Å². The van der Waals surface area contributed by atoms with Gasteiger partial charge in [0, 0.05) is 42.8 Å². The van der Waals surface area contributed by atoms with Crippen molar-refractivity contribution in [3.8, 4) is 0 Å². The van der Waals surface area contributed by atoms with Gasteiger partial charge in [0.1, 0.15) is 0 Å². The highest BCUT2D eigenvalue weighted by Gasteiger charge is 2.33. The van der Waals surface area contributed by atoms with Gasteiger partial charge in [0.15, 0.2) is 0 Å². The van der Waals surface area contributed by atoms with E-state index in [-0.39, 0.29) is 18.0 Å². The zero-order chi connectivity index (χ0) is 20.3. The average Bonchev–Trinajstić information content (AvgIpc) is 2.68. The molecular weight excluding hydrogens is 354 g/mol. The van der Waals surface area contributed by atoms with E-state index in [1.165, 1.54) is 0 Å². The molecule has 6 heteroatoms. The molecule has 2 aromatic rings. The van der Waals surface area contributed by atoms with Gasteiger partial charge < -0.3 is 4.90 Å². The molecule has 2 atom stereocenters. The summed E-state index contributed by atoms with van der Waals surface area (Å²) in [6.45, 7) is 8.53. The number of amides is 2. The molecule has 2 N–H and O–H groups in total. The largest absolute Gasteiger partial charge is 0.331 e. The number of nitrogens with one attached hydrogen (secondary N) is 1. The van der Waals surface area contributed by atoms with E-state index in [1.54, 1.807) is 17.6 Å². The molecule has 0 aliphatic carbocycles. The van der Waals surface area contributed by atoms with Gasteiger partial charge in [-0.2, -0.15) is 0 Å². The van der Waals surface area contributed by atoms with Crippen LogP contribution in [0.4, 0.5) is 0 Å². The fourth-order valence-electron chi connectivity index (χ4n) is 3.89. The van der Waals surface area contributed by atoms with Crippen molar-refractivity contribution in [2.75, 3.05) is 13.1 Å². The molecule has 1 saturated heterocycles. The maximum Gasteiger partial charge on any atom is 0.274 e. The SMILES string of the molecule is Cc1ccc(C(=O)N2C(C)CN(Cc3ccc(C(=O)NO)cc3)CC2C)cc1. The number of aryl methyl sites for hydroxylation is 1. The number of hydrogen-bond donors (Lipinski definition) is 2. The molecule has 148 valence electrons. The van der Waals surface area contributed by atoms with Crippen molar-refractivity contribution in [3.63, 3.8) is 0 Å². The number of hydrogen-bond acceptors (Lipinski definition) is 4. The van der Waals surface area contributed by atoms with Crippen molar-refractivity contribution in [2.45, 2.75) is 39.4 Å². The molecular formula is C22H27N3O3. The third kappa shape index (κ3) is 4.40. The highest BCUT2D eigenvalue weighted by Crippen LogP contribution is 2.21. The lowest BCUT2D eigenvalue weighted by molar-refractivity contribution is 0.0268. The molecule has 0 saturated carbocycles. The lowest BCUT2D eigenvalue weighted by Crippen LogP contribution is -2.58. The predicted octanol–water partition coefficient (Wildman–Crippen LogP) is 2.85.